The number of hydrogen-bond donors (Lipinski definition) is 1. The van der Waals surface area contributed by atoms with Crippen molar-refractivity contribution in [3.63, 3.8) is 0 Å². The fourth-order valence-electron chi connectivity index (χ4n) is 1.78. The summed E-state index contributed by atoms with van der Waals surface area (Å²) in [7, 11) is 0. The van der Waals surface area contributed by atoms with Crippen molar-refractivity contribution in [1.29, 1.82) is 0 Å². The van der Waals surface area contributed by atoms with E-state index in [2.05, 4.69) is 0 Å². The number of para-hydroxylation sites is 1. The molecule has 0 amide bonds. The third-order valence-electron chi connectivity index (χ3n) is 2.80. The molecule has 0 fully saturated rings. The van der Waals surface area contributed by atoms with Gasteiger partial charge in [-0.3, -0.25) is 0 Å². The number of aliphatic hydroxyl groups is 1. The first-order valence-electron chi connectivity index (χ1n) is 5.92. The van der Waals surface area contributed by atoms with E-state index in [0.29, 0.717) is 21.9 Å². The molecule has 0 aliphatic carbocycles. The van der Waals surface area contributed by atoms with Gasteiger partial charge in [0.1, 0.15) is 18.2 Å². The van der Waals surface area contributed by atoms with E-state index in [9.17, 15) is 9.50 Å². The molecule has 2 aromatic rings. The molecule has 0 bridgehead atoms. The summed E-state index contributed by atoms with van der Waals surface area (Å²) in [6, 6.07) is 11.6. The predicted octanol–water partition coefficient (Wildman–Crippen LogP) is 4.11. The normalized spacial score (nSPS) is 12.2. The predicted molar refractivity (Wildman–Crippen MR) is 72.8 cm³/mol. The van der Waals surface area contributed by atoms with Gasteiger partial charge in [-0.05, 0) is 25.1 Å². The van der Waals surface area contributed by atoms with E-state index in [1.54, 1.807) is 37.3 Å². The van der Waals surface area contributed by atoms with Gasteiger partial charge in [0.2, 0.25) is 0 Å². The first-order chi connectivity index (χ1) is 9.09. The zero-order valence-electron chi connectivity index (χ0n) is 10.4. The molecule has 1 N–H and O–H groups in total. The Balaban J connectivity index is 2.19. The molecule has 0 saturated carbocycles. The van der Waals surface area contributed by atoms with Crippen LogP contribution in [0.4, 0.5) is 4.39 Å². The van der Waals surface area contributed by atoms with Crippen LogP contribution in [0.1, 0.15) is 24.2 Å². The van der Waals surface area contributed by atoms with Crippen molar-refractivity contribution in [2.24, 2.45) is 0 Å². The second-order valence-electron chi connectivity index (χ2n) is 4.20. The van der Waals surface area contributed by atoms with Crippen LogP contribution in [0.25, 0.3) is 0 Å². The maximum atomic E-state index is 13.6. The number of aliphatic hydroxyl groups excluding tert-OH is 1. The minimum absolute atomic E-state index is 0.0231. The third-order valence-corrected chi connectivity index (χ3v) is 3.16. The van der Waals surface area contributed by atoms with Crippen LogP contribution >= 0.6 is 11.6 Å². The van der Waals surface area contributed by atoms with Crippen molar-refractivity contribution < 1.29 is 14.2 Å². The van der Waals surface area contributed by atoms with E-state index in [4.69, 9.17) is 16.3 Å². The highest BCUT2D eigenvalue weighted by Gasteiger charge is 2.11. The Morgan fingerprint density at radius 2 is 1.95 bits per heavy atom. The maximum absolute atomic E-state index is 13.6. The smallest absolute Gasteiger partial charge is 0.131 e. The molecule has 0 spiro atoms. The van der Waals surface area contributed by atoms with Gasteiger partial charge in [0, 0.05) is 11.1 Å². The largest absolute Gasteiger partial charge is 0.488 e. The zero-order chi connectivity index (χ0) is 13.8. The number of ether oxygens (including phenoxy) is 1. The Labute approximate surface area is 116 Å². The molecule has 100 valence electrons. The van der Waals surface area contributed by atoms with Crippen molar-refractivity contribution in [2.45, 2.75) is 19.6 Å². The van der Waals surface area contributed by atoms with Crippen LogP contribution in [0.2, 0.25) is 5.02 Å². The Kier molecular flexibility index (Phi) is 4.40. The summed E-state index contributed by atoms with van der Waals surface area (Å²) in [6.45, 7) is 1.67. The average molecular weight is 281 g/mol. The zero-order valence-corrected chi connectivity index (χ0v) is 11.2. The lowest BCUT2D eigenvalue weighted by atomic mass is 10.1. The second-order valence-corrected chi connectivity index (χ2v) is 4.61. The van der Waals surface area contributed by atoms with Gasteiger partial charge in [-0.1, -0.05) is 35.9 Å². The van der Waals surface area contributed by atoms with E-state index >= 15 is 0 Å². The van der Waals surface area contributed by atoms with Crippen molar-refractivity contribution in [2.75, 3.05) is 0 Å². The summed E-state index contributed by atoms with van der Waals surface area (Å²) < 4.78 is 19.2. The quantitative estimate of drug-likeness (QED) is 0.913. The molecule has 2 nitrogen and oxygen atoms in total. The molecule has 2 rings (SSSR count). The summed E-state index contributed by atoms with van der Waals surface area (Å²) in [5.41, 5.74) is 0.972. The highest BCUT2D eigenvalue weighted by atomic mass is 35.5. The lowest BCUT2D eigenvalue weighted by Gasteiger charge is -2.14. The Hall–Kier alpha value is -1.58. The molecular formula is C15H14ClFO2. The molecule has 0 aliphatic rings. The van der Waals surface area contributed by atoms with E-state index in [1.165, 1.54) is 6.07 Å². The number of rotatable bonds is 4. The molecule has 0 aliphatic heterocycles. The molecule has 0 radical (unpaired) electrons. The van der Waals surface area contributed by atoms with Gasteiger partial charge in [0.15, 0.2) is 0 Å². The van der Waals surface area contributed by atoms with E-state index in [0.717, 1.165) is 0 Å². The topological polar surface area (TPSA) is 29.5 Å². The summed E-state index contributed by atoms with van der Waals surface area (Å²) in [6.07, 6.45) is -0.646. The highest BCUT2D eigenvalue weighted by Crippen LogP contribution is 2.27. The van der Waals surface area contributed by atoms with Crippen LogP contribution in [0.5, 0.6) is 5.75 Å². The molecule has 2 aromatic carbocycles. The molecule has 1 atom stereocenters. The SMILES string of the molecule is CC(O)c1ccccc1OCc1c(F)cccc1Cl. The van der Waals surface area contributed by atoms with Crippen molar-refractivity contribution >= 4 is 11.6 Å². The van der Waals surface area contributed by atoms with E-state index < -0.39 is 11.9 Å². The summed E-state index contributed by atoms with van der Waals surface area (Å²) in [4.78, 5) is 0. The maximum Gasteiger partial charge on any atom is 0.131 e. The standard InChI is InChI=1S/C15H14ClFO2/c1-10(18)11-5-2-3-8-15(11)19-9-12-13(16)6-4-7-14(12)17/h2-8,10,18H,9H2,1H3. The first kappa shape index (κ1) is 13.8. The van der Waals surface area contributed by atoms with Gasteiger partial charge < -0.3 is 9.84 Å². The first-order valence-corrected chi connectivity index (χ1v) is 6.30. The van der Waals surface area contributed by atoms with Crippen LogP contribution < -0.4 is 4.74 Å². The monoisotopic (exact) mass is 280 g/mol. The molecule has 0 saturated heterocycles. The van der Waals surface area contributed by atoms with Gasteiger partial charge in [-0.15, -0.1) is 0 Å². The Bertz CT molecular complexity index is 550. The molecule has 0 heterocycles. The lowest BCUT2D eigenvalue weighted by Crippen LogP contribution is -2.03. The van der Waals surface area contributed by atoms with Crippen LogP contribution in [0.15, 0.2) is 42.5 Å². The van der Waals surface area contributed by atoms with E-state index in [1.807, 2.05) is 6.07 Å². The van der Waals surface area contributed by atoms with Crippen molar-refractivity contribution in [3.05, 3.63) is 64.4 Å². The van der Waals surface area contributed by atoms with Crippen LogP contribution in [0.3, 0.4) is 0 Å². The number of benzene rings is 2. The van der Waals surface area contributed by atoms with Gasteiger partial charge in [0.25, 0.3) is 0 Å². The molecule has 4 heteroatoms. The van der Waals surface area contributed by atoms with Gasteiger partial charge in [-0.25, -0.2) is 4.39 Å². The average Bonchev–Trinajstić information content (AvgIpc) is 2.38. The minimum atomic E-state index is -0.646. The second kappa shape index (κ2) is 6.04. The Morgan fingerprint density at radius 1 is 1.21 bits per heavy atom. The number of halogens is 2. The fourth-order valence-corrected chi connectivity index (χ4v) is 1.99. The summed E-state index contributed by atoms with van der Waals surface area (Å²) in [5, 5.41) is 9.96. The highest BCUT2D eigenvalue weighted by molar-refractivity contribution is 6.31. The molecule has 19 heavy (non-hydrogen) atoms. The summed E-state index contributed by atoms with van der Waals surface area (Å²) >= 11 is 5.93. The van der Waals surface area contributed by atoms with Crippen LogP contribution in [-0.4, -0.2) is 5.11 Å². The Morgan fingerprint density at radius 3 is 2.63 bits per heavy atom. The van der Waals surface area contributed by atoms with E-state index in [-0.39, 0.29) is 6.61 Å². The van der Waals surface area contributed by atoms with Gasteiger partial charge in [0.05, 0.1) is 11.1 Å². The molecular weight excluding hydrogens is 267 g/mol. The van der Waals surface area contributed by atoms with Crippen molar-refractivity contribution in [1.82, 2.24) is 0 Å². The van der Waals surface area contributed by atoms with Crippen LogP contribution in [-0.2, 0) is 6.61 Å². The van der Waals surface area contributed by atoms with Crippen LogP contribution in [0, 0.1) is 5.82 Å². The molecule has 1 unspecified atom stereocenters. The van der Waals surface area contributed by atoms with Crippen molar-refractivity contribution in [3.8, 4) is 5.75 Å². The van der Waals surface area contributed by atoms with Gasteiger partial charge >= 0.3 is 0 Å². The summed E-state index contributed by atoms with van der Waals surface area (Å²) in [5.74, 6) is 0.124. The van der Waals surface area contributed by atoms with Gasteiger partial charge in [-0.2, -0.15) is 0 Å². The lowest BCUT2D eigenvalue weighted by molar-refractivity contribution is 0.190. The third kappa shape index (κ3) is 3.25. The molecule has 0 aromatic heterocycles. The fraction of sp³-hybridized carbons (Fsp3) is 0.200. The minimum Gasteiger partial charge on any atom is -0.488 e. The number of hydrogen-bond acceptors (Lipinski definition) is 2.